The average Bonchev–Trinajstić information content (AvgIpc) is 2.48. The van der Waals surface area contributed by atoms with Gasteiger partial charge in [-0.3, -0.25) is 9.59 Å². The number of benzene rings is 1. The van der Waals surface area contributed by atoms with Crippen molar-refractivity contribution in [1.29, 1.82) is 0 Å². The number of anilines is 1. The molecule has 21 heavy (non-hydrogen) atoms. The fourth-order valence-corrected chi connectivity index (χ4v) is 2.31. The highest BCUT2D eigenvalue weighted by Gasteiger charge is 2.33. The maximum absolute atomic E-state index is 12.5. The normalized spacial score (nSPS) is 11.2. The number of nitrogens with two attached hydrogens (primary N) is 1. The van der Waals surface area contributed by atoms with E-state index in [4.69, 9.17) is 10.8 Å². The third kappa shape index (κ3) is 4.29. The number of carboxylic acids is 1. The fourth-order valence-electron chi connectivity index (χ4n) is 2.31. The Morgan fingerprint density at radius 1 is 1.24 bits per heavy atom. The van der Waals surface area contributed by atoms with Crippen LogP contribution in [-0.4, -0.2) is 23.5 Å². The summed E-state index contributed by atoms with van der Waals surface area (Å²) in [4.78, 5) is 23.2. The summed E-state index contributed by atoms with van der Waals surface area (Å²) in [5, 5.41) is 11.7. The molecule has 5 nitrogen and oxygen atoms in total. The van der Waals surface area contributed by atoms with Gasteiger partial charge in [0, 0.05) is 18.7 Å². The number of carboxylic acid groups (broad SMARTS) is 1. The minimum absolute atomic E-state index is 0.0382. The van der Waals surface area contributed by atoms with Crippen molar-refractivity contribution < 1.29 is 14.7 Å². The van der Waals surface area contributed by atoms with Crippen molar-refractivity contribution in [3.05, 3.63) is 29.8 Å². The first kappa shape index (κ1) is 17.2. The molecule has 0 saturated heterocycles. The molecule has 0 aliphatic carbocycles. The van der Waals surface area contributed by atoms with Crippen molar-refractivity contribution in [2.75, 3.05) is 11.9 Å². The number of nitrogens with one attached hydrogen (secondary N) is 1. The van der Waals surface area contributed by atoms with Gasteiger partial charge in [-0.15, -0.1) is 0 Å². The topological polar surface area (TPSA) is 92.4 Å². The SMILES string of the molecule is CCC(CC)(CN)C(=O)Nc1ccccc1CCC(=O)O. The summed E-state index contributed by atoms with van der Waals surface area (Å²) in [5.41, 5.74) is 6.71. The van der Waals surface area contributed by atoms with E-state index in [1.807, 2.05) is 32.0 Å². The summed E-state index contributed by atoms with van der Waals surface area (Å²) in [6, 6.07) is 7.28. The van der Waals surface area contributed by atoms with Gasteiger partial charge in [0.15, 0.2) is 0 Å². The van der Waals surface area contributed by atoms with Crippen LogP contribution < -0.4 is 11.1 Å². The molecule has 1 aromatic rings. The summed E-state index contributed by atoms with van der Waals surface area (Å²) >= 11 is 0. The zero-order chi connectivity index (χ0) is 15.9. The van der Waals surface area contributed by atoms with E-state index in [1.54, 1.807) is 6.07 Å². The van der Waals surface area contributed by atoms with Gasteiger partial charge in [-0.1, -0.05) is 32.0 Å². The predicted molar refractivity (Wildman–Crippen MR) is 83.1 cm³/mol. The molecule has 0 bridgehead atoms. The molecule has 0 aliphatic rings. The minimum Gasteiger partial charge on any atom is -0.481 e. The second-order valence-corrected chi connectivity index (χ2v) is 5.20. The molecule has 1 amide bonds. The zero-order valence-corrected chi connectivity index (χ0v) is 12.7. The third-order valence-corrected chi connectivity index (χ3v) is 4.10. The minimum atomic E-state index is -0.852. The van der Waals surface area contributed by atoms with Crippen molar-refractivity contribution >= 4 is 17.6 Å². The number of carbonyl (C=O) groups is 2. The molecule has 116 valence electrons. The van der Waals surface area contributed by atoms with Crippen molar-refractivity contribution in [2.45, 2.75) is 39.5 Å². The molecule has 1 aromatic carbocycles. The van der Waals surface area contributed by atoms with E-state index in [0.717, 1.165) is 5.56 Å². The molecule has 4 N–H and O–H groups in total. The smallest absolute Gasteiger partial charge is 0.303 e. The molecule has 0 unspecified atom stereocenters. The predicted octanol–water partition coefficient (Wildman–Crippen LogP) is 2.41. The Labute approximate surface area is 125 Å². The number of para-hydroxylation sites is 1. The van der Waals surface area contributed by atoms with Gasteiger partial charge in [-0.25, -0.2) is 0 Å². The lowest BCUT2D eigenvalue weighted by molar-refractivity contribution is -0.137. The summed E-state index contributed by atoms with van der Waals surface area (Å²) in [6.45, 7) is 4.20. The Morgan fingerprint density at radius 3 is 2.38 bits per heavy atom. The lowest BCUT2D eigenvalue weighted by Gasteiger charge is -2.29. The quantitative estimate of drug-likeness (QED) is 0.686. The summed E-state index contributed by atoms with van der Waals surface area (Å²) in [7, 11) is 0. The number of hydrogen-bond donors (Lipinski definition) is 3. The van der Waals surface area contributed by atoms with Gasteiger partial charge in [-0.05, 0) is 30.9 Å². The van der Waals surface area contributed by atoms with Crippen LogP contribution in [0.2, 0.25) is 0 Å². The van der Waals surface area contributed by atoms with E-state index in [9.17, 15) is 9.59 Å². The van der Waals surface area contributed by atoms with Crippen molar-refractivity contribution in [3.63, 3.8) is 0 Å². The summed E-state index contributed by atoms with van der Waals surface area (Å²) < 4.78 is 0. The van der Waals surface area contributed by atoms with Crippen molar-refractivity contribution in [3.8, 4) is 0 Å². The van der Waals surface area contributed by atoms with E-state index >= 15 is 0 Å². The number of hydrogen-bond acceptors (Lipinski definition) is 3. The van der Waals surface area contributed by atoms with Crippen LogP contribution in [0.1, 0.15) is 38.7 Å². The molecular weight excluding hydrogens is 268 g/mol. The highest BCUT2D eigenvalue weighted by Crippen LogP contribution is 2.28. The Bertz CT molecular complexity index is 488. The highest BCUT2D eigenvalue weighted by molar-refractivity contribution is 5.96. The number of rotatable bonds is 8. The van der Waals surface area contributed by atoms with Crippen LogP contribution >= 0.6 is 0 Å². The van der Waals surface area contributed by atoms with E-state index in [2.05, 4.69) is 5.32 Å². The van der Waals surface area contributed by atoms with Gasteiger partial charge in [0.25, 0.3) is 0 Å². The van der Waals surface area contributed by atoms with Crippen LogP contribution in [0.5, 0.6) is 0 Å². The van der Waals surface area contributed by atoms with E-state index in [-0.39, 0.29) is 12.3 Å². The Hall–Kier alpha value is -1.88. The van der Waals surface area contributed by atoms with Crippen LogP contribution in [0, 0.1) is 5.41 Å². The molecule has 0 heterocycles. The van der Waals surface area contributed by atoms with Crippen LogP contribution in [0.4, 0.5) is 5.69 Å². The molecule has 0 aliphatic heterocycles. The first-order valence-corrected chi connectivity index (χ1v) is 7.30. The van der Waals surface area contributed by atoms with Crippen LogP contribution in [0.3, 0.4) is 0 Å². The number of carbonyl (C=O) groups excluding carboxylic acids is 1. The van der Waals surface area contributed by atoms with Gasteiger partial charge in [0.05, 0.1) is 5.41 Å². The second-order valence-electron chi connectivity index (χ2n) is 5.20. The summed E-state index contributed by atoms with van der Waals surface area (Å²) in [6.07, 6.45) is 1.77. The first-order chi connectivity index (χ1) is 9.99. The van der Waals surface area contributed by atoms with Gasteiger partial charge < -0.3 is 16.2 Å². The first-order valence-electron chi connectivity index (χ1n) is 7.30. The lowest BCUT2D eigenvalue weighted by Crippen LogP contribution is -2.41. The lowest BCUT2D eigenvalue weighted by atomic mass is 9.81. The molecule has 0 spiro atoms. The van der Waals surface area contributed by atoms with Crippen LogP contribution in [0.25, 0.3) is 0 Å². The average molecular weight is 292 g/mol. The third-order valence-electron chi connectivity index (χ3n) is 4.10. The molecule has 0 fully saturated rings. The molecule has 5 heteroatoms. The van der Waals surface area contributed by atoms with Crippen molar-refractivity contribution in [1.82, 2.24) is 0 Å². The molecule has 0 radical (unpaired) electrons. The van der Waals surface area contributed by atoms with Gasteiger partial charge in [-0.2, -0.15) is 0 Å². The standard InChI is InChI=1S/C16H24N2O3/c1-3-16(4-2,11-17)15(21)18-13-8-6-5-7-12(13)9-10-14(19)20/h5-8H,3-4,9-11,17H2,1-2H3,(H,18,21)(H,19,20). The maximum Gasteiger partial charge on any atom is 0.303 e. The Morgan fingerprint density at radius 2 is 1.86 bits per heavy atom. The van der Waals surface area contributed by atoms with E-state index in [1.165, 1.54) is 0 Å². The number of amides is 1. The number of aryl methyl sites for hydroxylation is 1. The monoisotopic (exact) mass is 292 g/mol. The second kappa shape index (κ2) is 7.78. The Balaban J connectivity index is 2.91. The van der Waals surface area contributed by atoms with E-state index < -0.39 is 11.4 Å². The molecule has 0 atom stereocenters. The fraction of sp³-hybridized carbons (Fsp3) is 0.500. The molecule has 0 aromatic heterocycles. The largest absolute Gasteiger partial charge is 0.481 e. The van der Waals surface area contributed by atoms with Crippen LogP contribution in [0.15, 0.2) is 24.3 Å². The Kier molecular flexibility index (Phi) is 6.37. The maximum atomic E-state index is 12.5. The molecule has 0 saturated carbocycles. The van der Waals surface area contributed by atoms with Crippen molar-refractivity contribution in [2.24, 2.45) is 11.1 Å². The summed E-state index contributed by atoms with van der Waals surface area (Å²) in [5.74, 6) is -0.952. The highest BCUT2D eigenvalue weighted by atomic mass is 16.4. The van der Waals surface area contributed by atoms with Gasteiger partial charge >= 0.3 is 5.97 Å². The van der Waals surface area contributed by atoms with Gasteiger partial charge in [0.2, 0.25) is 5.91 Å². The van der Waals surface area contributed by atoms with E-state index in [0.29, 0.717) is 31.5 Å². The van der Waals surface area contributed by atoms with Gasteiger partial charge in [0.1, 0.15) is 0 Å². The molecule has 1 rings (SSSR count). The zero-order valence-electron chi connectivity index (χ0n) is 12.7. The molecular formula is C16H24N2O3. The van der Waals surface area contributed by atoms with Crippen LogP contribution in [-0.2, 0) is 16.0 Å². The number of aliphatic carboxylic acids is 1.